The maximum atomic E-state index is 13.7. The van der Waals surface area contributed by atoms with Crippen molar-refractivity contribution in [1.82, 2.24) is 29.5 Å². The second-order valence-electron chi connectivity index (χ2n) is 8.95. The first-order chi connectivity index (χ1) is 17.1. The molecular formula is C24H26FN7O3. The van der Waals surface area contributed by atoms with Crippen molar-refractivity contribution in [2.75, 3.05) is 32.7 Å². The summed E-state index contributed by atoms with van der Waals surface area (Å²) >= 11 is 0. The number of hydrogen-bond donors (Lipinski definition) is 2. The van der Waals surface area contributed by atoms with Crippen LogP contribution >= 0.6 is 0 Å². The van der Waals surface area contributed by atoms with E-state index in [9.17, 15) is 9.18 Å². The first-order valence-electron chi connectivity index (χ1n) is 11.7. The minimum atomic E-state index is -1.01. The number of rotatable bonds is 6. The van der Waals surface area contributed by atoms with Gasteiger partial charge in [0.05, 0.1) is 37.2 Å². The molecule has 1 aliphatic heterocycles. The minimum Gasteiger partial charge on any atom is -0.377 e. The number of alkyl halides is 1. The van der Waals surface area contributed by atoms with Crippen LogP contribution in [0.1, 0.15) is 29.2 Å². The standard InChI is InChI=1S/C24H26FN7O3/c1-26-21-8-18(29-23-14(9-28-32(21)23)24(33)30-17-6-5-16(17)25)15-10-31(19-11-35-12-20(19)34-2)22-13(15)4-3-7-27-22/h3-4,7-10,16-17,19-20,26H,5-6,11-12H2,1-2H3,(H,30,33)/t16-,17?,19-,20-/m1/s1. The topological polar surface area (TPSA) is 108 Å². The number of methoxy groups -OCH3 is 1. The summed E-state index contributed by atoms with van der Waals surface area (Å²) < 4.78 is 28.7. The van der Waals surface area contributed by atoms with E-state index in [2.05, 4.69) is 25.3 Å². The van der Waals surface area contributed by atoms with Crippen LogP contribution in [-0.4, -0.2) is 75.7 Å². The molecule has 2 aliphatic rings. The molecule has 0 radical (unpaired) electrons. The van der Waals surface area contributed by atoms with Gasteiger partial charge in [0, 0.05) is 43.6 Å². The van der Waals surface area contributed by atoms with Gasteiger partial charge in [-0.25, -0.2) is 14.4 Å². The number of fused-ring (bicyclic) bond motifs is 2. The molecule has 1 saturated heterocycles. The summed E-state index contributed by atoms with van der Waals surface area (Å²) in [7, 11) is 3.47. The van der Waals surface area contributed by atoms with E-state index in [-0.39, 0.29) is 18.1 Å². The highest BCUT2D eigenvalue weighted by Gasteiger charge is 2.34. The summed E-state index contributed by atoms with van der Waals surface area (Å²) in [5.41, 5.74) is 3.02. The first kappa shape index (κ1) is 21.9. The number of hydrogen-bond acceptors (Lipinski definition) is 7. The van der Waals surface area contributed by atoms with Gasteiger partial charge in [0.1, 0.15) is 29.3 Å². The Morgan fingerprint density at radius 3 is 2.91 bits per heavy atom. The number of halogens is 1. The Bertz CT molecular complexity index is 1420. The summed E-state index contributed by atoms with van der Waals surface area (Å²) in [6.45, 7) is 1.04. The Balaban J connectivity index is 1.47. The molecule has 1 amide bonds. The van der Waals surface area contributed by atoms with Crippen LogP contribution in [0, 0.1) is 0 Å². The van der Waals surface area contributed by atoms with Gasteiger partial charge < -0.3 is 24.7 Å². The molecule has 1 unspecified atom stereocenters. The molecule has 6 rings (SSSR count). The van der Waals surface area contributed by atoms with Gasteiger partial charge in [0.25, 0.3) is 5.91 Å². The van der Waals surface area contributed by atoms with Crippen molar-refractivity contribution in [2.24, 2.45) is 0 Å². The normalized spacial score (nSPS) is 24.1. The lowest BCUT2D eigenvalue weighted by molar-refractivity contribution is 0.0692. The zero-order valence-electron chi connectivity index (χ0n) is 19.4. The number of aromatic nitrogens is 5. The molecule has 182 valence electrons. The van der Waals surface area contributed by atoms with E-state index in [0.717, 1.165) is 16.6 Å². The van der Waals surface area contributed by atoms with Crippen LogP contribution in [0.15, 0.2) is 36.8 Å². The van der Waals surface area contributed by atoms with E-state index in [0.29, 0.717) is 48.8 Å². The van der Waals surface area contributed by atoms with Crippen molar-refractivity contribution >= 4 is 28.4 Å². The molecule has 5 heterocycles. The summed E-state index contributed by atoms with van der Waals surface area (Å²) in [6, 6.07) is 5.28. The highest BCUT2D eigenvalue weighted by atomic mass is 19.1. The van der Waals surface area contributed by atoms with Crippen molar-refractivity contribution < 1.29 is 18.7 Å². The van der Waals surface area contributed by atoms with E-state index in [1.54, 1.807) is 24.9 Å². The van der Waals surface area contributed by atoms with Gasteiger partial charge in [-0.2, -0.15) is 9.61 Å². The molecular weight excluding hydrogens is 453 g/mol. The molecule has 4 atom stereocenters. The lowest BCUT2D eigenvalue weighted by Gasteiger charge is -2.30. The fourth-order valence-corrected chi connectivity index (χ4v) is 4.85. The maximum Gasteiger partial charge on any atom is 0.257 e. The fourth-order valence-electron chi connectivity index (χ4n) is 4.85. The van der Waals surface area contributed by atoms with Crippen LogP contribution in [0.4, 0.5) is 10.2 Å². The fraction of sp³-hybridized carbons (Fsp3) is 0.417. The predicted octanol–water partition coefficient (Wildman–Crippen LogP) is 2.60. The zero-order valence-corrected chi connectivity index (χ0v) is 19.4. The van der Waals surface area contributed by atoms with Crippen LogP contribution in [0.3, 0.4) is 0 Å². The Morgan fingerprint density at radius 2 is 2.17 bits per heavy atom. The summed E-state index contributed by atoms with van der Waals surface area (Å²) in [5.74, 6) is 0.286. The molecule has 0 aromatic carbocycles. The third-order valence-electron chi connectivity index (χ3n) is 7.00. The van der Waals surface area contributed by atoms with Gasteiger partial charge >= 0.3 is 0 Å². The summed E-state index contributed by atoms with van der Waals surface area (Å²) in [6.07, 6.45) is 5.25. The molecule has 11 heteroatoms. The highest BCUT2D eigenvalue weighted by molar-refractivity contribution is 6.01. The number of pyridine rings is 1. The van der Waals surface area contributed by atoms with E-state index < -0.39 is 12.2 Å². The molecule has 0 spiro atoms. The van der Waals surface area contributed by atoms with Crippen LogP contribution < -0.4 is 10.6 Å². The van der Waals surface area contributed by atoms with E-state index in [4.69, 9.17) is 14.5 Å². The minimum absolute atomic E-state index is 0.0221. The monoisotopic (exact) mass is 479 g/mol. The van der Waals surface area contributed by atoms with Crippen molar-refractivity contribution in [3.63, 3.8) is 0 Å². The summed E-state index contributed by atoms with van der Waals surface area (Å²) in [4.78, 5) is 22.4. The second-order valence-corrected chi connectivity index (χ2v) is 8.95. The van der Waals surface area contributed by atoms with Crippen molar-refractivity contribution in [3.8, 4) is 11.3 Å². The van der Waals surface area contributed by atoms with Crippen LogP contribution in [-0.2, 0) is 9.47 Å². The molecule has 2 fully saturated rings. The Morgan fingerprint density at radius 1 is 1.29 bits per heavy atom. The molecule has 1 saturated carbocycles. The Labute approximate surface area is 200 Å². The lowest BCUT2D eigenvalue weighted by Crippen LogP contribution is -2.48. The molecule has 35 heavy (non-hydrogen) atoms. The first-order valence-corrected chi connectivity index (χ1v) is 11.7. The third kappa shape index (κ3) is 3.53. The number of amides is 1. The van der Waals surface area contributed by atoms with Crippen LogP contribution in [0.2, 0.25) is 0 Å². The average molecular weight is 480 g/mol. The average Bonchev–Trinajstić information content (AvgIpc) is 3.61. The predicted molar refractivity (Wildman–Crippen MR) is 127 cm³/mol. The van der Waals surface area contributed by atoms with Gasteiger partial charge in [-0.1, -0.05) is 0 Å². The summed E-state index contributed by atoms with van der Waals surface area (Å²) in [5, 5.41) is 11.2. The number of nitrogens with one attached hydrogen (secondary N) is 2. The quantitative estimate of drug-likeness (QED) is 0.438. The second kappa shape index (κ2) is 8.58. The SMILES string of the molecule is CNc1cc(-c2cn([C@@H]3COC[C@H]3OC)c3ncccc23)nc2c(C(=O)NC3CC[C@H]3F)cnn12. The molecule has 10 nitrogen and oxygen atoms in total. The molecule has 4 aromatic rings. The zero-order chi connectivity index (χ0) is 24.1. The molecule has 2 N–H and O–H groups in total. The van der Waals surface area contributed by atoms with Crippen molar-refractivity contribution in [3.05, 3.63) is 42.4 Å². The highest BCUT2D eigenvalue weighted by Crippen LogP contribution is 2.35. The molecule has 1 aliphatic carbocycles. The van der Waals surface area contributed by atoms with Gasteiger partial charge in [-0.15, -0.1) is 0 Å². The van der Waals surface area contributed by atoms with E-state index >= 15 is 0 Å². The van der Waals surface area contributed by atoms with Crippen molar-refractivity contribution in [1.29, 1.82) is 0 Å². The largest absolute Gasteiger partial charge is 0.377 e. The number of ether oxygens (including phenoxy) is 2. The number of carbonyl (C=O) groups is 1. The number of nitrogens with zero attached hydrogens (tertiary/aromatic N) is 5. The maximum absolute atomic E-state index is 13.7. The van der Waals surface area contributed by atoms with Crippen LogP contribution in [0.25, 0.3) is 27.9 Å². The molecule has 0 bridgehead atoms. The lowest BCUT2D eigenvalue weighted by atomic mass is 9.90. The van der Waals surface area contributed by atoms with Crippen molar-refractivity contribution in [2.45, 2.75) is 37.2 Å². The van der Waals surface area contributed by atoms with Gasteiger partial charge in [0.2, 0.25) is 0 Å². The van der Waals surface area contributed by atoms with Gasteiger partial charge in [-0.05, 0) is 25.0 Å². The van der Waals surface area contributed by atoms with E-state index in [1.807, 2.05) is 24.4 Å². The third-order valence-corrected chi connectivity index (χ3v) is 7.00. The molecule has 4 aromatic heterocycles. The van der Waals surface area contributed by atoms with Gasteiger partial charge in [-0.3, -0.25) is 4.79 Å². The van der Waals surface area contributed by atoms with Crippen LogP contribution in [0.5, 0.6) is 0 Å². The Kier molecular flexibility index (Phi) is 5.37. The number of carbonyl (C=O) groups excluding carboxylic acids is 1. The van der Waals surface area contributed by atoms with E-state index in [1.165, 1.54) is 6.20 Å². The number of anilines is 1. The van der Waals surface area contributed by atoms with Gasteiger partial charge in [0.15, 0.2) is 5.65 Å². The smallest absolute Gasteiger partial charge is 0.257 e. The Hall–Kier alpha value is -3.57.